The Morgan fingerprint density at radius 2 is 2.08 bits per heavy atom. The van der Waals surface area contributed by atoms with Crippen molar-refractivity contribution in [3.63, 3.8) is 0 Å². The lowest BCUT2D eigenvalue weighted by molar-refractivity contribution is 0.367. The molecule has 0 amide bonds. The van der Waals surface area contributed by atoms with Crippen molar-refractivity contribution >= 4 is 0 Å². The first-order valence-corrected chi connectivity index (χ1v) is 4.19. The van der Waals surface area contributed by atoms with Crippen molar-refractivity contribution in [1.29, 1.82) is 0 Å². The molecule has 0 saturated carbocycles. The van der Waals surface area contributed by atoms with E-state index in [0.29, 0.717) is 13.2 Å². The van der Waals surface area contributed by atoms with Gasteiger partial charge in [0.25, 0.3) is 0 Å². The number of hydrogen-bond acceptors (Lipinski definition) is 2. The molecule has 1 aromatic carbocycles. The quantitative estimate of drug-likeness (QED) is 0.688. The van der Waals surface area contributed by atoms with Crippen LogP contribution < -0.4 is 10.5 Å². The molecule has 0 bridgehead atoms. The first kappa shape index (κ1) is 9.63. The maximum Gasteiger partial charge on any atom is 0.149 e. The minimum absolute atomic E-state index is 0.386. The van der Waals surface area contributed by atoms with E-state index in [0.717, 1.165) is 11.3 Å². The van der Waals surface area contributed by atoms with Crippen LogP contribution in [0.25, 0.3) is 0 Å². The molecule has 0 aliphatic rings. The zero-order valence-corrected chi connectivity index (χ0v) is 7.71. The molecular formula is C11H13NO. The lowest BCUT2D eigenvalue weighted by atomic mass is 10.2. The fraction of sp³-hybridized carbons (Fsp3) is 0.273. The van der Waals surface area contributed by atoms with Gasteiger partial charge in [-0.3, -0.25) is 0 Å². The second-order valence-corrected chi connectivity index (χ2v) is 2.61. The highest BCUT2D eigenvalue weighted by molar-refractivity contribution is 5.32. The van der Waals surface area contributed by atoms with Crippen molar-refractivity contribution in [3.8, 4) is 17.6 Å². The third-order valence-electron chi connectivity index (χ3n) is 1.62. The summed E-state index contributed by atoms with van der Waals surface area (Å²) < 4.78 is 5.41. The number of ether oxygens (including phenoxy) is 1. The van der Waals surface area contributed by atoms with E-state index in [1.165, 1.54) is 0 Å². The summed E-state index contributed by atoms with van der Waals surface area (Å²) in [6.45, 7) is 2.80. The Labute approximate surface area is 78.7 Å². The molecule has 68 valence electrons. The summed E-state index contributed by atoms with van der Waals surface area (Å²) >= 11 is 0. The Balaban J connectivity index is 2.50. The van der Waals surface area contributed by atoms with Gasteiger partial charge in [0.05, 0.1) is 6.54 Å². The first-order valence-electron chi connectivity index (χ1n) is 4.19. The topological polar surface area (TPSA) is 35.2 Å². The molecule has 0 aliphatic heterocycles. The smallest absolute Gasteiger partial charge is 0.149 e. The van der Waals surface area contributed by atoms with Crippen LogP contribution in [0.15, 0.2) is 24.3 Å². The predicted octanol–water partition coefficient (Wildman–Crippen LogP) is 1.34. The second kappa shape index (κ2) is 5.23. The van der Waals surface area contributed by atoms with Gasteiger partial charge >= 0.3 is 0 Å². The summed E-state index contributed by atoms with van der Waals surface area (Å²) in [5.41, 5.74) is 6.33. The molecule has 1 aromatic rings. The molecule has 0 aromatic heterocycles. The molecule has 0 unspecified atom stereocenters. The van der Waals surface area contributed by atoms with E-state index >= 15 is 0 Å². The van der Waals surface area contributed by atoms with Crippen LogP contribution in [-0.2, 0) is 0 Å². The lowest BCUT2D eigenvalue weighted by Gasteiger charge is -2.04. The number of aryl methyl sites for hydroxylation is 1. The van der Waals surface area contributed by atoms with Gasteiger partial charge in [-0.25, -0.2) is 0 Å². The van der Waals surface area contributed by atoms with Gasteiger partial charge in [0.1, 0.15) is 12.4 Å². The average Bonchev–Trinajstić information content (AvgIpc) is 2.15. The number of rotatable bonds is 2. The Morgan fingerprint density at radius 3 is 2.77 bits per heavy atom. The molecule has 0 saturated heterocycles. The zero-order chi connectivity index (χ0) is 9.52. The van der Waals surface area contributed by atoms with Crippen LogP contribution in [-0.4, -0.2) is 13.2 Å². The van der Waals surface area contributed by atoms with Crippen molar-refractivity contribution in [3.05, 3.63) is 29.8 Å². The SMILES string of the molecule is Cc1ccccc1OCC#CCN. The summed E-state index contributed by atoms with van der Waals surface area (Å²) in [4.78, 5) is 0. The van der Waals surface area contributed by atoms with Crippen LogP contribution in [0.5, 0.6) is 5.75 Å². The molecule has 2 nitrogen and oxygen atoms in total. The van der Waals surface area contributed by atoms with Crippen molar-refractivity contribution in [1.82, 2.24) is 0 Å². The number of benzene rings is 1. The molecular weight excluding hydrogens is 162 g/mol. The van der Waals surface area contributed by atoms with Crippen LogP contribution >= 0.6 is 0 Å². The van der Waals surface area contributed by atoms with E-state index in [1.54, 1.807) is 0 Å². The fourth-order valence-electron chi connectivity index (χ4n) is 0.955. The molecule has 2 N–H and O–H groups in total. The highest BCUT2D eigenvalue weighted by Crippen LogP contribution is 2.15. The first-order chi connectivity index (χ1) is 6.34. The highest BCUT2D eigenvalue weighted by Gasteiger charge is 1.94. The number of hydrogen-bond donors (Lipinski definition) is 1. The lowest BCUT2D eigenvalue weighted by Crippen LogP contribution is -1.98. The van der Waals surface area contributed by atoms with Crippen LogP contribution in [0.2, 0.25) is 0 Å². The third-order valence-corrected chi connectivity index (χ3v) is 1.62. The van der Waals surface area contributed by atoms with Gasteiger partial charge in [-0.1, -0.05) is 30.0 Å². The fourth-order valence-corrected chi connectivity index (χ4v) is 0.955. The van der Waals surface area contributed by atoms with Gasteiger partial charge in [0.2, 0.25) is 0 Å². The maximum atomic E-state index is 5.41. The van der Waals surface area contributed by atoms with Crippen LogP contribution in [0.3, 0.4) is 0 Å². The molecule has 0 spiro atoms. The maximum absolute atomic E-state index is 5.41. The molecule has 0 radical (unpaired) electrons. The third kappa shape index (κ3) is 3.18. The van der Waals surface area contributed by atoms with Gasteiger partial charge in [-0.2, -0.15) is 0 Å². The molecule has 0 heterocycles. The minimum atomic E-state index is 0.386. The molecule has 2 heteroatoms. The standard InChI is InChI=1S/C11H13NO/c1-10-6-2-3-7-11(10)13-9-5-4-8-12/h2-3,6-7H,8-9,12H2,1H3. The molecule has 0 fully saturated rings. The molecule has 0 atom stereocenters. The Kier molecular flexibility index (Phi) is 3.87. The van der Waals surface area contributed by atoms with E-state index in [1.807, 2.05) is 31.2 Å². The summed E-state index contributed by atoms with van der Waals surface area (Å²) in [7, 11) is 0. The number of para-hydroxylation sites is 1. The summed E-state index contributed by atoms with van der Waals surface area (Å²) in [5.74, 6) is 6.44. The normalized spacial score (nSPS) is 8.77. The van der Waals surface area contributed by atoms with Crippen LogP contribution in [0.1, 0.15) is 5.56 Å². The second-order valence-electron chi connectivity index (χ2n) is 2.61. The Bertz CT molecular complexity index is 322. The number of nitrogens with two attached hydrogens (primary N) is 1. The molecule has 13 heavy (non-hydrogen) atoms. The van der Waals surface area contributed by atoms with Crippen molar-refractivity contribution in [2.24, 2.45) is 5.73 Å². The highest BCUT2D eigenvalue weighted by atomic mass is 16.5. The van der Waals surface area contributed by atoms with E-state index in [4.69, 9.17) is 10.5 Å². The van der Waals surface area contributed by atoms with Crippen molar-refractivity contribution < 1.29 is 4.74 Å². The molecule has 0 aliphatic carbocycles. The summed E-state index contributed by atoms with van der Waals surface area (Å²) in [6.07, 6.45) is 0. The summed E-state index contributed by atoms with van der Waals surface area (Å²) in [5, 5.41) is 0. The van der Waals surface area contributed by atoms with E-state index in [-0.39, 0.29) is 0 Å². The van der Waals surface area contributed by atoms with Crippen molar-refractivity contribution in [2.75, 3.05) is 13.2 Å². The Hall–Kier alpha value is -1.46. The van der Waals surface area contributed by atoms with Crippen LogP contribution in [0, 0.1) is 18.8 Å². The Morgan fingerprint density at radius 1 is 1.31 bits per heavy atom. The summed E-state index contributed by atoms with van der Waals surface area (Å²) in [6, 6.07) is 7.86. The van der Waals surface area contributed by atoms with Gasteiger partial charge in [-0.05, 0) is 18.6 Å². The molecule has 1 rings (SSSR count). The van der Waals surface area contributed by atoms with Crippen LogP contribution in [0.4, 0.5) is 0 Å². The predicted molar refractivity (Wildman–Crippen MR) is 53.5 cm³/mol. The van der Waals surface area contributed by atoms with Gasteiger partial charge < -0.3 is 10.5 Å². The van der Waals surface area contributed by atoms with Gasteiger partial charge in [-0.15, -0.1) is 0 Å². The van der Waals surface area contributed by atoms with E-state index in [2.05, 4.69) is 11.8 Å². The monoisotopic (exact) mass is 175 g/mol. The van der Waals surface area contributed by atoms with Gasteiger partial charge in [0.15, 0.2) is 0 Å². The minimum Gasteiger partial charge on any atom is -0.481 e. The average molecular weight is 175 g/mol. The van der Waals surface area contributed by atoms with Gasteiger partial charge in [0, 0.05) is 0 Å². The van der Waals surface area contributed by atoms with E-state index < -0.39 is 0 Å². The van der Waals surface area contributed by atoms with E-state index in [9.17, 15) is 0 Å². The van der Waals surface area contributed by atoms with Crippen molar-refractivity contribution in [2.45, 2.75) is 6.92 Å². The zero-order valence-electron chi connectivity index (χ0n) is 7.71. The largest absolute Gasteiger partial charge is 0.481 e.